The van der Waals surface area contributed by atoms with Crippen LogP contribution in [0.15, 0.2) is 53.6 Å². The number of pyridine rings is 2. The van der Waals surface area contributed by atoms with Gasteiger partial charge in [-0.2, -0.15) is 4.98 Å². The van der Waals surface area contributed by atoms with Gasteiger partial charge in [-0.25, -0.2) is 14.8 Å². The zero-order valence-corrected chi connectivity index (χ0v) is 24.6. The molecule has 2 N–H and O–H groups in total. The Bertz CT molecular complexity index is 1800. The number of carboxylic acids is 1. The highest BCUT2D eigenvalue weighted by atomic mass is 16.4. The van der Waals surface area contributed by atoms with E-state index in [9.17, 15) is 19.2 Å². The third kappa shape index (κ3) is 5.50. The third-order valence-electron chi connectivity index (χ3n) is 8.55. The van der Waals surface area contributed by atoms with Crippen molar-refractivity contribution in [2.45, 2.75) is 45.6 Å². The summed E-state index contributed by atoms with van der Waals surface area (Å²) in [5, 5.41) is 12.9. The summed E-state index contributed by atoms with van der Waals surface area (Å²) in [5.74, 6) is -0.559. The maximum Gasteiger partial charge on any atom is 0.335 e. The highest BCUT2D eigenvalue weighted by Gasteiger charge is 2.26. The van der Waals surface area contributed by atoms with Crippen LogP contribution < -0.4 is 15.8 Å². The summed E-state index contributed by atoms with van der Waals surface area (Å²) in [6, 6.07) is 9.74. The van der Waals surface area contributed by atoms with Gasteiger partial charge < -0.3 is 20.2 Å². The molecule has 12 heteroatoms. The van der Waals surface area contributed by atoms with Gasteiger partial charge in [-0.1, -0.05) is 12.8 Å². The Balaban J connectivity index is 1.15. The Morgan fingerprint density at radius 2 is 1.59 bits per heavy atom. The van der Waals surface area contributed by atoms with E-state index in [4.69, 9.17) is 10.1 Å². The van der Waals surface area contributed by atoms with E-state index in [-0.39, 0.29) is 34.4 Å². The number of ketones is 1. The Labute approximate surface area is 253 Å². The number of nitrogens with zero attached hydrogens (tertiary/aromatic N) is 6. The van der Waals surface area contributed by atoms with Crippen LogP contribution in [-0.2, 0) is 0 Å². The number of fused-ring (bicyclic) bond motifs is 1. The van der Waals surface area contributed by atoms with Gasteiger partial charge in [0, 0.05) is 49.4 Å². The normalized spacial score (nSPS) is 15.5. The second-order valence-corrected chi connectivity index (χ2v) is 11.3. The van der Waals surface area contributed by atoms with E-state index in [1.807, 2.05) is 12.1 Å². The molecule has 0 unspecified atom stereocenters. The van der Waals surface area contributed by atoms with Gasteiger partial charge in [0.15, 0.2) is 5.78 Å². The number of rotatable bonds is 7. The number of aryl methyl sites for hydroxylation is 1. The molecule has 226 valence electrons. The zero-order valence-electron chi connectivity index (χ0n) is 24.6. The lowest BCUT2D eigenvalue weighted by atomic mass is 10.0. The summed E-state index contributed by atoms with van der Waals surface area (Å²) in [7, 11) is 0. The molecule has 0 bridgehead atoms. The van der Waals surface area contributed by atoms with Gasteiger partial charge in [-0.15, -0.1) is 0 Å². The summed E-state index contributed by atoms with van der Waals surface area (Å²) in [6.07, 6.45) is 7.21. The van der Waals surface area contributed by atoms with Crippen LogP contribution >= 0.6 is 0 Å². The fraction of sp³-hybridized carbons (Fsp3) is 0.344. The van der Waals surface area contributed by atoms with E-state index in [1.54, 1.807) is 40.9 Å². The minimum atomic E-state index is -1.03. The van der Waals surface area contributed by atoms with Crippen molar-refractivity contribution in [1.29, 1.82) is 0 Å². The summed E-state index contributed by atoms with van der Waals surface area (Å²) in [5.41, 5.74) is 2.54. The molecule has 2 fully saturated rings. The number of carbonyl (C=O) groups is 3. The first-order valence-corrected chi connectivity index (χ1v) is 14.7. The highest BCUT2D eigenvalue weighted by Crippen LogP contribution is 2.32. The van der Waals surface area contributed by atoms with Crippen molar-refractivity contribution >= 4 is 46.1 Å². The number of hydrogen-bond acceptors (Lipinski definition) is 9. The summed E-state index contributed by atoms with van der Waals surface area (Å²) >= 11 is 0. The van der Waals surface area contributed by atoms with Crippen LogP contribution in [0.3, 0.4) is 0 Å². The van der Waals surface area contributed by atoms with Crippen molar-refractivity contribution < 1.29 is 19.5 Å². The Morgan fingerprint density at radius 1 is 0.909 bits per heavy atom. The van der Waals surface area contributed by atoms with Gasteiger partial charge in [-0.3, -0.25) is 19.0 Å². The molecule has 1 saturated carbocycles. The molecule has 1 amide bonds. The Hall–Kier alpha value is -5.13. The number of carboxylic acid groups (broad SMARTS) is 1. The standard InChI is InChI=1S/C32H33N7O5/c1-19-25-18-34-32(36-28(25)39(23-5-3-4-6-23)30(42)27(19)20(2)40)35-26-12-11-24(17-33-26)37-13-15-38(16-14-37)29(41)21-7-9-22(10-8-21)31(43)44/h7-12,17-18,23H,3-6,13-16H2,1-2H3,(H,43,44)(H,33,34,35,36). The van der Waals surface area contributed by atoms with Crippen LogP contribution in [0, 0.1) is 6.92 Å². The number of piperazine rings is 1. The number of aromatic nitrogens is 4. The molecule has 3 aromatic heterocycles. The maximum absolute atomic E-state index is 13.5. The maximum atomic E-state index is 13.5. The highest BCUT2D eigenvalue weighted by molar-refractivity contribution is 5.99. The van der Waals surface area contributed by atoms with E-state index in [0.29, 0.717) is 60.1 Å². The quantitative estimate of drug-likeness (QED) is 0.297. The van der Waals surface area contributed by atoms with Crippen molar-refractivity contribution in [3.63, 3.8) is 0 Å². The van der Waals surface area contributed by atoms with E-state index < -0.39 is 5.97 Å². The second kappa shape index (κ2) is 11.9. The number of Topliss-reactive ketones (excluding diaryl/α,β-unsaturated/α-hetero) is 1. The molecule has 0 spiro atoms. The van der Waals surface area contributed by atoms with Crippen molar-refractivity contribution in [2.24, 2.45) is 0 Å². The fourth-order valence-corrected chi connectivity index (χ4v) is 6.18. The predicted octanol–water partition coefficient (Wildman–Crippen LogP) is 4.22. The van der Waals surface area contributed by atoms with E-state index >= 15 is 0 Å². The van der Waals surface area contributed by atoms with Crippen molar-refractivity contribution in [2.75, 3.05) is 36.4 Å². The van der Waals surface area contributed by atoms with E-state index in [0.717, 1.165) is 31.4 Å². The number of carbonyl (C=O) groups excluding carboxylic acids is 2. The fourth-order valence-electron chi connectivity index (χ4n) is 6.18. The summed E-state index contributed by atoms with van der Waals surface area (Å²) in [6.45, 7) is 5.49. The molecule has 6 rings (SSSR count). The lowest BCUT2D eigenvalue weighted by molar-refractivity contribution is 0.0693. The average molecular weight is 596 g/mol. The lowest BCUT2D eigenvalue weighted by Crippen LogP contribution is -2.48. The van der Waals surface area contributed by atoms with Gasteiger partial charge in [-0.05, 0) is 68.7 Å². The summed E-state index contributed by atoms with van der Waals surface area (Å²) < 4.78 is 1.69. The number of anilines is 3. The molecule has 0 radical (unpaired) electrons. The van der Waals surface area contributed by atoms with E-state index in [2.05, 4.69) is 20.2 Å². The molecule has 1 aromatic carbocycles. The van der Waals surface area contributed by atoms with Gasteiger partial charge in [0.25, 0.3) is 11.5 Å². The largest absolute Gasteiger partial charge is 0.478 e. The van der Waals surface area contributed by atoms with Crippen LogP contribution in [-0.4, -0.2) is 73.4 Å². The first-order valence-electron chi connectivity index (χ1n) is 14.7. The van der Waals surface area contributed by atoms with Crippen LogP contribution in [0.5, 0.6) is 0 Å². The van der Waals surface area contributed by atoms with E-state index in [1.165, 1.54) is 19.1 Å². The molecule has 4 aromatic rings. The number of aromatic carboxylic acids is 1. The first-order chi connectivity index (χ1) is 21.2. The third-order valence-corrected chi connectivity index (χ3v) is 8.55. The Kier molecular flexibility index (Phi) is 7.81. The summed E-state index contributed by atoms with van der Waals surface area (Å²) in [4.78, 5) is 67.5. The van der Waals surface area contributed by atoms with Crippen LogP contribution in [0.4, 0.5) is 17.5 Å². The molecule has 1 aliphatic carbocycles. The van der Waals surface area contributed by atoms with Crippen LogP contribution in [0.1, 0.15) is 75.3 Å². The molecule has 2 aliphatic rings. The zero-order chi connectivity index (χ0) is 31.0. The Morgan fingerprint density at radius 3 is 2.20 bits per heavy atom. The minimum absolute atomic E-state index is 0.00268. The smallest absolute Gasteiger partial charge is 0.335 e. The molecule has 44 heavy (non-hydrogen) atoms. The van der Waals surface area contributed by atoms with Gasteiger partial charge in [0.05, 0.1) is 23.0 Å². The van der Waals surface area contributed by atoms with Crippen LogP contribution in [0.25, 0.3) is 11.0 Å². The lowest BCUT2D eigenvalue weighted by Gasteiger charge is -2.36. The number of hydrogen-bond donors (Lipinski definition) is 2. The number of nitrogens with one attached hydrogen (secondary N) is 1. The topological polar surface area (TPSA) is 151 Å². The minimum Gasteiger partial charge on any atom is -0.478 e. The molecule has 0 atom stereocenters. The van der Waals surface area contributed by atoms with Crippen molar-refractivity contribution in [3.05, 3.63) is 81.4 Å². The molecule has 1 aliphatic heterocycles. The van der Waals surface area contributed by atoms with Crippen LogP contribution in [0.2, 0.25) is 0 Å². The molecule has 1 saturated heterocycles. The first kappa shape index (κ1) is 29.0. The monoisotopic (exact) mass is 595 g/mol. The predicted molar refractivity (Wildman–Crippen MR) is 165 cm³/mol. The second-order valence-electron chi connectivity index (χ2n) is 11.3. The number of benzene rings is 1. The SMILES string of the molecule is CC(=O)c1c(C)c2cnc(Nc3ccc(N4CCN(C(=O)c5ccc(C(=O)O)cc5)CC4)cn3)nc2n(C2CCCC2)c1=O. The number of amides is 1. The van der Waals surface area contributed by atoms with Gasteiger partial charge >= 0.3 is 5.97 Å². The molecular formula is C32H33N7O5. The van der Waals surface area contributed by atoms with Gasteiger partial charge in [0.2, 0.25) is 5.95 Å². The van der Waals surface area contributed by atoms with Crippen molar-refractivity contribution in [1.82, 2.24) is 24.4 Å². The van der Waals surface area contributed by atoms with Gasteiger partial charge in [0.1, 0.15) is 11.5 Å². The molecule has 4 heterocycles. The molecular weight excluding hydrogens is 562 g/mol. The molecule has 12 nitrogen and oxygen atoms in total. The van der Waals surface area contributed by atoms with Crippen molar-refractivity contribution in [3.8, 4) is 0 Å². The average Bonchev–Trinajstić information content (AvgIpc) is 3.56.